The van der Waals surface area contributed by atoms with Gasteiger partial charge in [-0.15, -0.1) is 11.6 Å². The van der Waals surface area contributed by atoms with Gasteiger partial charge < -0.3 is 0 Å². The van der Waals surface area contributed by atoms with Gasteiger partial charge in [0.1, 0.15) is 0 Å². The number of alkyl halides is 1. The quantitative estimate of drug-likeness (QED) is 0.427. The van der Waals surface area contributed by atoms with Crippen LogP contribution in [-0.2, 0) is 17.1 Å². The molecule has 0 saturated heterocycles. The van der Waals surface area contributed by atoms with E-state index in [1.807, 2.05) is 25.7 Å². The second kappa shape index (κ2) is 6.30. The standard InChI is InChI=1S/C11H10Cl2Si.Fe/c12-9-14(13,10-5-1-2-6-10)11-7-3-4-8-11;/h1-8H,9H2;/q;+2. The van der Waals surface area contributed by atoms with Crippen LogP contribution in [0.4, 0.5) is 0 Å². The molecule has 15 heavy (non-hydrogen) atoms. The SMILES string of the molecule is ClC[Si](Cl)([C]1[CH][CH][CH][CH]1)[C]1[CH][CH][CH][CH]1.[Fe+2]. The summed E-state index contributed by atoms with van der Waals surface area (Å²) in [5, 5.41) is 0. The largest absolute Gasteiger partial charge is 2.00 e. The number of rotatable bonds is 3. The Kier molecular flexibility index (Phi) is 6.04. The van der Waals surface area contributed by atoms with E-state index < -0.39 is 7.38 Å². The molecule has 78 valence electrons. The minimum absolute atomic E-state index is 0. The molecule has 0 atom stereocenters. The molecule has 0 spiro atoms. The molecule has 0 aromatic rings. The van der Waals surface area contributed by atoms with Gasteiger partial charge in [-0.2, -0.15) is 11.1 Å². The third-order valence-corrected chi connectivity index (χ3v) is 8.61. The minimum Gasteiger partial charge on any atom is -0.165 e. The molecule has 4 heteroatoms. The second-order valence-electron chi connectivity index (χ2n) is 3.28. The first kappa shape index (κ1) is 14.4. The number of hydrogen-bond acceptors (Lipinski definition) is 0. The van der Waals surface area contributed by atoms with E-state index in [-0.39, 0.29) is 17.1 Å². The zero-order chi connectivity index (χ0) is 10.0. The summed E-state index contributed by atoms with van der Waals surface area (Å²) in [7, 11) is -2.13. The van der Waals surface area contributed by atoms with Crippen LogP contribution in [0.15, 0.2) is 0 Å². The van der Waals surface area contributed by atoms with Crippen LogP contribution in [0.3, 0.4) is 0 Å². The first-order chi connectivity index (χ1) is 6.77. The molecule has 2 saturated carbocycles. The van der Waals surface area contributed by atoms with Gasteiger partial charge in [-0.1, -0.05) is 0 Å². The van der Waals surface area contributed by atoms with Crippen LogP contribution in [0.25, 0.3) is 0 Å². The Bertz CT molecular complexity index is 173. The van der Waals surface area contributed by atoms with Gasteiger partial charge in [0.05, 0.1) is 0 Å². The van der Waals surface area contributed by atoms with Crippen molar-refractivity contribution in [2.24, 2.45) is 0 Å². The molecule has 0 aromatic carbocycles. The van der Waals surface area contributed by atoms with Crippen molar-refractivity contribution in [1.82, 2.24) is 0 Å². The van der Waals surface area contributed by atoms with Gasteiger partial charge >= 0.3 is 17.1 Å². The average Bonchev–Trinajstić information content (AvgIpc) is 2.88. The molecule has 0 unspecified atom stereocenters. The average molecular weight is 297 g/mol. The molecule has 0 heterocycles. The van der Waals surface area contributed by atoms with E-state index in [2.05, 4.69) is 25.7 Å². The van der Waals surface area contributed by atoms with E-state index in [1.165, 1.54) is 11.1 Å². The van der Waals surface area contributed by atoms with Crippen LogP contribution in [0.2, 0.25) is 0 Å². The van der Waals surface area contributed by atoms with E-state index in [1.54, 1.807) is 0 Å². The summed E-state index contributed by atoms with van der Waals surface area (Å²) >= 11 is 12.7. The van der Waals surface area contributed by atoms with Crippen LogP contribution < -0.4 is 0 Å². The van der Waals surface area contributed by atoms with Crippen LogP contribution in [0.1, 0.15) is 0 Å². The smallest absolute Gasteiger partial charge is 0.165 e. The molecule has 0 amide bonds. The third-order valence-electron chi connectivity index (χ3n) is 2.42. The van der Waals surface area contributed by atoms with Gasteiger partial charge in [-0.05, 0) is 62.4 Å². The minimum atomic E-state index is -2.13. The molecule has 0 N–H and O–H groups in total. The van der Waals surface area contributed by atoms with Crippen molar-refractivity contribution >= 4 is 30.1 Å². The molecular formula is C11H10Cl2FeSi+2. The fraction of sp³-hybridized carbons (Fsp3) is 0.0909. The summed E-state index contributed by atoms with van der Waals surface area (Å²) in [5.41, 5.74) is 2.91. The maximum absolute atomic E-state index is 6.66. The molecule has 2 aliphatic rings. The first-order valence-corrected chi connectivity index (χ1v) is 8.22. The Morgan fingerprint density at radius 2 is 1.20 bits per heavy atom. The molecule has 2 aliphatic carbocycles. The molecule has 0 aromatic heterocycles. The molecule has 2 fully saturated rings. The molecular weight excluding hydrogens is 287 g/mol. The molecule has 0 aliphatic heterocycles. The van der Waals surface area contributed by atoms with Crippen molar-refractivity contribution in [3.63, 3.8) is 0 Å². The van der Waals surface area contributed by atoms with Crippen LogP contribution in [-0.4, -0.2) is 12.9 Å². The Morgan fingerprint density at radius 1 is 0.867 bits per heavy atom. The zero-order valence-corrected chi connectivity index (χ0v) is 11.6. The Hall–Kier alpha value is 1.32. The molecule has 0 bridgehead atoms. The van der Waals surface area contributed by atoms with Gasteiger partial charge in [0.15, 0.2) is 7.38 Å². The fourth-order valence-corrected chi connectivity index (χ4v) is 5.36. The Balaban J connectivity index is 0.00000112. The van der Waals surface area contributed by atoms with Crippen molar-refractivity contribution in [3.05, 3.63) is 62.4 Å². The van der Waals surface area contributed by atoms with Gasteiger partial charge in [-0.3, -0.25) is 0 Å². The molecule has 2 rings (SSSR count). The van der Waals surface area contributed by atoms with Crippen molar-refractivity contribution in [1.29, 1.82) is 0 Å². The van der Waals surface area contributed by atoms with Gasteiger partial charge in [-0.25, -0.2) is 0 Å². The molecule has 0 nitrogen and oxygen atoms in total. The normalized spacial score (nSPS) is 24.4. The summed E-state index contributed by atoms with van der Waals surface area (Å²) in [6.45, 7) is 0. The maximum Gasteiger partial charge on any atom is 2.00 e. The van der Waals surface area contributed by atoms with Gasteiger partial charge in [0.25, 0.3) is 0 Å². The summed E-state index contributed by atoms with van der Waals surface area (Å²) in [5.74, 6) is 0. The Morgan fingerprint density at radius 3 is 1.47 bits per heavy atom. The van der Waals surface area contributed by atoms with Gasteiger partial charge in [0.2, 0.25) is 0 Å². The van der Waals surface area contributed by atoms with E-state index in [4.69, 9.17) is 22.7 Å². The van der Waals surface area contributed by atoms with E-state index >= 15 is 0 Å². The van der Waals surface area contributed by atoms with Crippen molar-refractivity contribution in [2.45, 2.75) is 0 Å². The monoisotopic (exact) mass is 296 g/mol. The summed E-state index contributed by atoms with van der Waals surface area (Å²) in [6, 6.07) is 0. The molecule has 10 radical (unpaired) electrons. The van der Waals surface area contributed by atoms with Crippen LogP contribution >= 0.6 is 22.7 Å². The third kappa shape index (κ3) is 2.96. The summed E-state index contributed by atoms with van der Waals surface area (Å²) in [4.78, 5) is 0. The number of halogens is 2. The van der Waals surface area contributed by atoms with Crippen LogP contribution in [0, 0.1) is 62.4 Å². The van der Waals surface area contributed by atoms with Crippen molar-refractivity contribution in [3.8, 4) is 0 Å². The summed E-state index contributed by atoms with van der Waals surface area (Å²) < 4.78 is 0. The topological polar surface area (TPSA) is 0 Å². The van der Waals surface area contributed by atoms with Crippen molar-refractivity contribution in [2.75, 3.05) is 5.50 Å². The maximum atomic E-state index is 6.66. The number of hydrogen-bond donors (Lipinski definition) is 0. The van der Waals surface area contributed by atoms with Crippen molar-refractivity contribution < 1.29 is 17.1 Å². The second-order valence-corrected chi connectivity index (χ2v) is 9.04. The predicted molar refractivity (Wildman–Crippen MR) is 63.2 cm³/mol. The summed E-state index contributed by atoms with van der Waals surface area (Å²) in [6.07, 6.45) is 16.3. The van der Waals surface area contributed by atoms with Crippen LogP contribution in [0.5, 0.6) is 0 Å². The van der Waals surface area contributed by atoms with E-state index in [0.717, 1.165) is 0 Å². The fourth-order valence-electron chi connectivity index (χ4n) is 1.60. The zero-order valence-electron chi connectivity index (χ0n) is 7.94. The Labute approximate surface area is 115 Å². The first-order valence-electron chi connectivity index (χ1n) is 4.46. The van der Waals surface area contributed by atoms with E-state index in [0.29, 0.717) is 5.50 Å². The van der Waals surface area contributed by atoms with Gasteiger partial charge in [0, 0.05) is 5.50 Å². The predicted octanol–water partition coefficient (Wildman–Crippen LogP) is 2.84. The van der Waals surface area contributed by atoms with E-state index in [9.17, 15) is 0 Å².